The Bertz CT molecular complexity index is 2750. The Morgan fingerprint density at radius 2 is 1.12 bits per heavy atom. The van der Waals surface area contributed by atoms with Crippen molar-refractivity contribution in [3.8, 4) is 22.3 Å². The molecule has 49 heavy (non-hydrogen) atoms. The predicted octanol–water partition coefficient (Wildman–Crippen LogP) is 13.8. The summed E-state index contributed by atoms with van der Waals surface area (Å²) >= 11 is 1.87. The summed E-state index contributed by atoms with van der Waals surface area (Å²) < 4.78 is 2.63. The van der Waals surface area contributed by atoms with Gasteiger partial charge < -0.3 is 4.90 Å². The molecule has 0 amide bonds. The van der Waals surface area contributed by atoms with Crippen LogP contribution in [0.2, 0.25) is 0 Å². The van der Waals surface area contributed by atoms with Gasteiger partial charge in [-0.15, -0.1) is 11.3 Å². The van der Waals surface area contributed by atoms with Crippen LogP contribution < -0.4 is 4.90 Å². The van der Waals surface area contributed by atoms with Gasteiger partial charge >= 0.3 is 0 Å². The molecule has 1 aliphatic rings. The molecule has 232 valence electrons. The molecule has 0 radical (unpaired) electrons. The first kappa shape index (κ1) is 28.3. The highest BCUT2D eigenvalue weighted by Crippen LogP contribution is 2.54. The molecule has 0 atom stereocenters. The summed E-state index contributed by atoms with van der Waals surface area (Å²) in [5.74, 6) is 0. The maximum atomic E-state index is 2.50. The molecular formula is C47H33NS. The van der Waals surface area contributed by atoms with Crippen LogP contribution in [0.5, 0.6) is 0 Å². The molecule has 1 heterocycles. The summed E-state index contributed by atoms with van der Waals surface area (Å²) in [6.07, 6.45) is 0. The molecular weight excluding hydrogens is 611 g/mol. The summed E-state index contributed by atoms with van der Waals surface area (Å²) in [5, 5.41) is 7.63. The van der Waals surface area contributed by atoms with E-state index in [-0.39, 0.29) is 5.41 Å². The smallest absolute Gasteiger partial charge is 0.0546 e. The number of thiophene rings is 1. The van der Waals surface area contributed by atoms with E-state index in [1.165, 1.54) is 80.8 Å². The third-order valence-electron chi connectivity index (χ3n) is 10.6. The van der Waals surface area contributed by atoms with Crippen molar-refractivity contribution in [2.45, 2.75) is 19.3 Å². The van der Waals surface area contributed by atoms with E-state index in [4.69, 9.17) is 0 Å². The Morgan fingerprint density at radius 3 is 1.98 bits per heavy atom. The Morgan fingerprint density at radius 1 is 0.449 bits per heavy atom. The monoisotopic (exact) mass is 643 g/mol. The predicted molar refractivity (Wildman–Crippen MR) is 212 cm³/mol. The summed E-state index contributed by atoms with van der Waals surface area (Å²) in [7, 11) is 0. The molecule has 0 N–H and O–H groups in total. The fraction of sp³-hybridized carbons (Fsp3) is 0.0638. The van der Waals surface area contributed by atoms with Crippen molar-refractivity contribution in [2.75, 3.05) is 4.90 Å². The zero-order valence-corrected chi connectivity index (χ0v) is 28.3. The number of hydrogen-bond donors (Lipinski definition) is 0. The summed E-state index contributed by atoms with van der Waals surface area (Å²) in [6, 6.07) is 60.7. The van der Waals surface area contributed by atoms with Gasteiger partial charge in [0.25, 0.3) is 0 Å². The lowest BCUT2D eigenvalue weighted by molar-refractivity contribution is 0.660. The summed E-state index contributed by atoms with van der Waals surface area (Å²) in [6.45, 7) is 4.74. The van der Waals surface area contributed by atoms with Gasteiger partial charge in [0.2, 0.25) is 0 Å². The standard InChI is InChI=1S/C47H33NS/c1-47(2)41-25-23-32(29-40(41)46-35(20-12-21-42(46)47)30-13-4-3-5-14-30)48(33-24-26-45-39(28-33)38-19-10-11-22-44(38)49-45)43-27-31-15-6-7-16-34(31)36-17-8-9-18-37(36)43/h3-29H,1-2H3. The molecule has 0 bridgehead atoms. The van der Waals surface area contributed by atoms with E-state index >= 15 is 0 Å². The van der Waals surface area contributed by atoms with Crippen LogP contribution in [0, 0.1) is 0 Å². The molecule has 1 nitrogen and oxygen atoms in total. The first-order valence-corrected chi connectivity index (χ1v) is 17.8. The van der Waals surface area contributed by atoms with E-state index in [1.54, 1.807) is 0 Å². The van der Waals surface area contributed by atoms with Gasteiger partial charge in [-0.25, -0.2) is 0 Å². The average molecular weight is 644 g/mol. The largest absolute Gasteiger partial charge is 0.310 e. The molecule has 10 rings (SSSR count). The lowest BCUT2D eigenvalue weighted by Gasteiger charge is -2.29. The Labute approximate surface area is 290 Å². The van der Waals surface area contributed by atoms with Gasteiger partial charge in [0.15, 0.2) is 0 Å². The van der Waals surface area contributed by atoms with E-state index in [9.17, 15) is 0 Å². The lowest BCUT2D eigenvalue weighted by atomic mass is 9.82. The summed E-state index contributed by atoms with van der Waals surface area (Å²) in [5.41, 5.74) is 11.3. The van der Waals surface area contributed by atoms with Gasteiger partial charge in [-0.2, -0.15) is 0 Å². The zero-order chi connectivity index (χ0) is 32.7. The van der Waals surface area contributed by atoms with Crippen LogP contribution in [0.15, 0.2) is 164 Å². The number of fused-ring (bicyclic) bond motifs is 9. The topological polar surface area (TPSA) is 3.24 Å². The molecule has 0 saturated carbocycles. The van der Waals surface area contributed by atoms with Gasteiger partial charge in [0.05, 0.1) is 5.69 Å². The average Bonchev–Trinajstić information content (AvgIpc) is 3.63. The second-order valence-corrected chi connectivity index (χ2v) is 14.8. The number of rotatable bonds is 4. The van der Waals surface area contributed by atoms with Gasteiger partial charge in [-0.05, 0) is 92.0 Å². The first-order chi connectivity index (χ1) is 24.1. The van der Waals surface area contributed by atoms with E-state index < -0.39 is 0 Å². The number of anilines is 3. The maximum Gasteiger partial charge on any atom is 0.0546 e. The second-order valence-electron chi connectivity index (χ2n) is 13.7. The normalized spacial score (nSPS) is 13.3. The molecule has 0 spiro atoms. The van der Waals surface area contributed by atoms with E-state index in [0.717, 1.165) is 11.4 Å². The van der Waals surface area contributed by atoms with Crippen LogP contribution in [0.4, 0.5) is 17.1 Å². The molecule has 1 aliphatic carbocycles. The molecule has 0 fully saturated rings. The quantitative estimate of drug-likeness (QED) is 0.173. The molecule has 0 unspecified atom stereocenters. The van der Waals surface area contributed by atoms with Crippen LogP contribution >= 0.6 is 11.3 Å². The van der Waals surface area contributed by atoms with Crippen molar-refractivity contribution in [1.29, 1.82) is 0 Å². The highest BCUT2D eigenvalue weighted by Gasteiger charge is 2.37. The highest BCUT2D eigenvalue weighted by molar-refractivity contribution is 7.25. The first-order valence-electron chi connectivity index (χ1n) is 17.0. The van der Waals surface area contributed by atoms with Crippen LogP contribution in [0.1, 0.15) is 25.0 Å². The molecule has 0 aliphatic heterocycles. The van der Waals surface area contributed by atoms with Gasteiger partial charge in [0, 0.05) is 42.3 Å². The minimum Gasteiger partial charge on any atom is -0.310 e. The van der Waals surface area contributed by atoms with Gasteiger partial charge in [-0.1, -0.05) is 135 Å². The van der Waals surface area contributed by atoms with Gasteiger partial charge in [-0.3, -0.25) is 0 Å². The number of nitrogens with zero attached hydrogens (tertiary/aromatic N) is 1. The molecule has 1 aromatic heterocycles. The highest BCUT2D eigenvalue weighted by atomic mass is 32.1. The SMILES string of the molecule is CC1(C)c2ccc(N(c3ccc4sc5ccccc5c4c3)c3cc4ccccc4c4ccccc34)cc2-c2c(-c3ccccc3)cccc21. The maximum absolute atomic E-state index is 2.50. The van der Waals surface area contributed by atoms with Gasteiger partial charge in [0.1, 0.15) is 0 Å². The fourth-order valence-corrected chi connectivity index (χ4v) is 9.38. The fourth-order valence-electron chi connectivity index (χ4n) is 8.29. The van der Waals surface area contributed by atoms with Crippen molar-refractivity contribution >= 4 is 70.1 Å². The lowest BCUT2D eigenvalue weighted by Crippen LogP contribution is -2.15. The Kier molecular flexibility index (Phi) is 6.16. The Balaban J connectivity index is 1.28. The summed E-state index contributed by atoms with van der Waals surface area (Å²) in [4.78, 5) is 2.50. The van der Waals surface area contributed by atoms with Crippen LogP contribution in [-0.4, -0.2) is 0 Å². The molecule has 0 saturated heterocycles. The van der Waals surface area contributed by atoms with E-state index in [2.05, 4.69) is 183 Å². The van der Waals surface area contributed by atoms with Crippen molar-refractivity contribution < 1.29 is 0 Å². The van der Waals surface area contributed by atoms with Crippen LogP contribution in [-0.2, 0) is 5.41 Å². The molecule has 9 aromatic rings. The van der Waals surface area contributed by atoms with Crippen molar-refractivity contribution in [2.24, 2.45) is 0 Å². The second kappa shape index (κ2) is 10.7. The third kappa shape index (κ3) is 4.24. The third-order valence-corrected chi connectivity index (χ3v) is 11.8. The number of hydrogen-bond acceptors (Lipinski definition) is 2. The minimum absolute atomic E-state index is 0.108. The Hall–Kier alpha value is -5.70. The molecule has 2 heteroatoms. The number of benzene rings is 8. The van der Waals surface area contributed by atoms with Crippen LogP contribution in [0.3, 0.4) is 0 Å². The van der Waals surface area contributed by atoms with Crippen LogP contribution in [0.25, 0.3) is 64.0 Å². The van der Waals surface area contributed by atoms with Crippen molar-refractivity contribution in [1.82, 2.24) is 0 Å². The van der Waals surface area contributed by atoms with Crippen molar-refractivity contribution in [3.05, 3.63) is 175 Å². The minimum atomic E-state index is -0.108. The molecule has 8 aromatic carbocycles. The van der Waals surface area contributed by atoms with E-state index in [1.807, 2.05) is 11.3 Å². The zero-order valence-electron chi connectivity index (χ0n) is 27.4. The van der Waals surface area contributed by atoms with E-state index in [0.29, 0.717) is 0 Å². The van der Waals surface area contributed by atoms with Crippen molar-refractivity contribution in [3.63, 3.8) is 0 Å².